The molecule has 1 N–H and O–H groups in total. The largest absolute Gasteiger partial charge is 0.478 e. The molecule has 5 heteroatoms. The smallest absolute Gasteiger partial charge is 0.335 e. The van der Waals surface area contributed by atoms with E-state index in [4.69, 9.17) is 5.11 Å². The van der Waals surface area contributed by atoms with E-state index in [1.54, 1.807) is 12.1 Å². The number of rotatable bonds is 6. The van der Waals surface area contributed by atoms with E-state index in [0.29, 0.717) is 23.9 Å². The summed E-state index contributed by atoms with van der Waals surface area (Å²) in [5.41, 5.74) is 1.43. The van der Waals surface area contributed by atoms with Crippen molar-refractivity contribution < 1.29 is 14.7 Å². The molecule has 0 radical (unpaired) electrons. The third-order valence-corrected chi connectivity index (χ3v) is 4.96. The summed E-state index contributed by atoms with van der Waals surface area (Å²) in [6.45, 7) is 6.60. The average molecular weight is 332 g/mol. The number of amides is 1. The molecule has 1 saturated heterocycles. The van der Waals surface area contributed by atoms with Gasteiger partial charge in [-0.2, -0.15) is 0 Å². The number of hydrogen-bond donors (Lipinski definition) is 1. The highest BCUT2D eigenvalue weighted by molar-refractivity contribution is 5.87. The first-order valence-corrected chi connectivity index (χ1v) is 8.69. The lowest BCUT2D eigenvalue weighted by Crippen LogP contribution is -2.40. The molecule has 2 rings (SSSR count). The number of benzene rings is 1. The fourth-order valence-corrected chi connectivity index (χ4v) is 3.06. The van der Waals surface area contributed by atoms with E-state index in [1.165, 1.54) is 0 Å². The van der Waals surface area contributed by atoms with Crippen molar-refractivity contribution in [3.8, 4) is 0 Å². The third kappa shape index (κ3) is 4.81. The van der Waals surface area contributed by atoms with Crippen molar-refractivity contribution in [2.75, 3.05) is 26.7 Å². The van der Waals surface area contributed by atoms with Crippen LogP contribution in [0.2, 0.25) is 0 Å². The second kappa shape index (κ2) is 8.29. The van der Waals surface area contributed by atoms with Crippen LogP contribution in [0.15, 0.2) is 24.3 Å². The van der Waals surface area contributed by atoms with Crippen molar-refractivity contribution in [1.29, 1.82) is 0 Å². The van der Waals surface area contributed by atoms with Gasteiger partial charge in [0.05, 0.1) is 5.56 Å². The quantitative estimate of drug-likeness (QED) is 0.870. The van der Waals surface area contributed by atoms with Crippen LogP contribution in [0.4, 0.5) is 0 Å². The van der Waals surface area contributed by atoms with Gasteiger partial charge >= 0.3 is 5.97 Å². The van der Waals surface area contributed by atoms with E-state index in [2.05, 4.69) is 18.7 Å². The van der Waals surface area contributed by atoms with E-state index < -0.39 is 5.97 Å². The highest BCUT2D eigenvalue weighted by atomic mass is 16.4. The number of likely N-dealkylation sites (tertiary alicyclic amines) is 1. The Morgan fingerprint density at radius 1 is 1.29 bits per heavy atom. The molecule has 0 aliphatic carbocycles. The normalized spacial score (nSPS) is 18.2. The fourth-order valence-electron chi connectivity index (χ4n) is 3.06. The number of carbonyl (C=O) groups is 2. The van der Waals surface area contributed by atoms with Gasteiger partial charge in [-0.1, -0.05) is 12.1 Å². The minimum Gasteiger partial charge on any atom is -0.478 e. The molecule has 1 atom stereocenters. The Bertz CT molecular complexity index is 568. The minimum atomic E-state index is -0.906. The van der Waals surface area contributed by atoms with Gasteiger partial charge in [-0.25, -0.2) is 4.79 Å². The highest BCUT2D eigenvalue weighted by Gasteiger charge is 2.25. The Kier molecular flexibility index (Phi) is 6.37. The molecule has 0 aromatic heterocycles. The first-order chi connectivity index (χ1) is 11.4. The van der Waals surface area contributed by atoms with E-state index in [9.17, 15) is 9.59 Å². The minimum absolute atomic E-state index is 0.217. The first-order valence-electron chi connectivity index (χ1n) is 8.69. The predicted octanol–water partition coefficient (Wildman–Crippen LogP) is 2.82. The molecule has 0 bridgehead atoms. The predicted molar refractivity (Wildman–Crippen MR) is 94.3 cm³/mol. The number of hydrogen-bond acceptors (Lipinski definition) is 3. The molecule has 1 aliphatic heterocycles. The summed E-state index contributed by atoms with van der Waals surface area (Å²) in [6, 6.07) is 7.51. The topological polar surface area (TPSA) is 60.9 Å². The molecular weight excluding hydrogens is 304 g/mol. The zero-order chi connectivity index (χ0) is 17.7. The van der Waals surface area contributed by atoms with E-state index in [1.807, 2.05) is 24.1 Å². The van der Waals surface area contributed by atoms with Crippen molar-refractivity contribution >= 4 is 11.9 Å². The molecular formula is C19H28N2O3. The van der Waals surface area contributed by atoms with Crippen LogP contribution in [0, 0.1) is 0 Å². The van der Waals surface area contributed by atoms with Gasteiger partial charge < -0.3 is 14.9 Å². The first kappa shape index (κ1) is 18.5. The summed E-state index contributed by atoms with van der Waals surface area (Å²) in [5.74, 6) is -0.390. The lowest BCUT2D eigenvalue weighted by molar-refractivity contribution is -0.132. The van der Waals surface area contributed by atoms with E-state index in [0.717, 1.165) is 38.0 Å². The molecule has 0 saturated carbocycles. The lowest BCUT2D eigenvalue weighted by Gasteiger charge is -2.33. The second-order valence-electron chi connectivity index (χ2n) is 6.93. The zero-order valence-corrected chi connectivity index (χ0v) is 14.9. The monoisotopic (exact) mass is 332 g/mol. The maximum atomic E-state index is 12.5. The summed E-state index contributed by atoms with van der Waals surface area (Å²) >= 11 is 0. The van der Waals surface area contributed by atoms with E-state index >= 15 is 0 Å². The van der Waals surface area contributed by atoms with Gasteiger partial charge in [0, 0.05) is 38.0 Å². The van der Waals surface area contributed by atoms with Crippen LogP contribution < -0.4 is 0 Å². The molecule has 1 aromatic carbocycles. The number of aromatic carboxylic acids is 1. The van der Waals surface area contributed by atoms with Gasteiger partial charge in [0.15, 0.2) is 0 Å². The molecule has 0 unspecified atom stereocenters. The molecule has 1 fully saturated rings. The number of carboxylic acids is 1. The van der Waals surface area contributed by atoms with Crippen molar-refractivity contribution in [1.82, 2.24) is 9.80 Å². The summed E-state index contributed by atoms with van der Waals surface area (Å²) in [4.78, 5) is 27.6. The Morgan fingerprint density at radius 2 is 1.96 bits per heavy atom. The van der Waals surface area contributed by atoms with Crippen molar-refractivity contribution in [2.24, 2.45) is 0 Å². The molecule has 1 amide bonds. The molecule has 132 valence electrons. The van der Waals surface area contributed by atoms with Gasteiger partial charge in [0.2, 0.25) is 5.91 Å². The van der Waals surface area contributed by atoms with Crippen LogP contribution in [0.3, 0.4) is 0 Å². The van der Waals surface area contributed by atoms with Crippen LogP contribution >= 0.6 is 0 Å². The molecule has 1 aliphatic rings. The van der Waals surface area contributed by atoms with Crippen LogP contribution in [0.1, 0.15) is 54.9 Å². The molecule has 1 aromatic rings. The zero-order valence-electron chi connectivity index (χ0n) is 14.9. The van der Waals surface area contributed by atoms with Crippen LogP contribution in [0.5, 0.6) is 0 Å². The molecule has 1 heterocycles. The van der Waals surface area contributed by atoms with Gasteiger partial charge in [-0.15, -0.1) is 0 Å². The number of piperidine rings is 1. The summed E-state index contributed by atoms with van der Waals surface area (Å²) in [5, 5.41) is 8.99. The van der Waals surface area contributed by atoms with E-state index in [-0.39, 0.29) is 5.91 Å². The summed E-state index contributed by atoms with van der Waals surface area (Å²) < 4.78 is 0. The molecule has 5 nitrogen and oxygen atoms in total. The van der Waals surface area contributed by atoms with Gasteiger partial charge in [-0.3, -0.25) is 4.79 Å². The van der Waals surface area contributed by atoms with Crippen LogP contribution in [-0.2, 0) is 4.79 Å². The number of nitrogens with zero attached hydrogens (tertiary/aromatic N) is 2. The Labute approximate surface area is 144 Å². The maximum absolute atomic E-state index is 12.5. The highest BCUT2D eigenvalue weighted by Crippen LogP contribution is 2.27. The van der Waals surface area contributed by atoms with Crippen molar-refractivity contribution in [2.45, 2.75) is 45.1 Å². The Morgan fingerprint density at radius 3 is 2.54 bits per heavy atom. The summed E-state index contributed by atoms with van der Waals surface area (Å²) in [7, 11) is 2.04. The second-order valence-corrected chi connectivity index (χ2v) is 6.93. The van der Waals surface area contributed by atoms with Crippen LogP contribution in [0.25, 0.3) is 0 Å². The molecule has 0 spiro atoms. The fraction of sp³-hybridized carbons (Fsp3) is 0.579. The van der Waals surface area contributed by atoms with Crippen LogP contribution in [-0.4, -0.2) is 59.5 Å². The van der Waals surface area contributed by atoms with Gasteiger partial charge in [-0.05, 0) is 51.4 Å². The Balaban J connectivity index is 1.93. The Hall–Kier alpha value is -1.88. The third-order valence-electron chi connectivity index (χ3n) is 4.96. The summed E-state index contributed by atoms with van der Waals surface area (Å²) in [6.07, 6.45) is 2.60. The number of carboxylic acid groups (broad SMARTS) is 1. The van der Waals surface area contributed by atoms with Crippen molar-refractivity contribution in [3.63, 3.8) is 0 Å². The average Bonchev–Trinajstić information content (AvgIpc) is 2.59. The number of carbonyl (C=O) groups excluding carboxylic acids is 1. The molecule has 24 heavy (non-hydrogen) atoms. The lowest BCUT2D eigenvalue weighted by atomic mass is 9.90. The van der Waals surface area contributed by atoms with Gasteiger partial charge in [0.1, 0.15) is 0 Å². The SMILES string of the molecule is CC(C)N(C)CCC(=O)N1CCC[C@@H](c2ccc(C(=O)O)cc2)C1. The van der Waals surface area contributed by atoms with Crippen molar-refractivity contribution in [3.05, 3.63) is 35.4 Å². The maximum Gasteiger partial charge on any atom is 0.335 e. The standard InChI is InChI=1S/C19H28N2O3/c1-14(2)20(3)12-10-18(22)21-11-4-5-17(13-21)15-6-8-16(9-7-15)19(23)24/h6-9,14,17H,4-5,10-13H2,1-3H3,(H,23,24)/t17-/m1/s1. The van der Waals surface area contributed by atoms with Gasteiger partial charge in [0.25, 0.3) is 0 Å².